The summed E-state index contributed by atoms with van der Waals surface area (Å²) in [6.45, 7) is 6.11. The van der Waals surface area contributed by atoms with Crippen molar-refractivity contribution < 1.29 is 0 Å². The molecule has 118 valence electrons. The van der Waals surface area contributed by atoms with Crippen molar-refractivity contribution in [3.8, 4) is 0 Å². The van der Waals surface area contributed by atoms with E-state index in [1.165, 1.54) is 61.8 Å². The van der Waals surface area contributed by atoms with E-state index in [0.717, 1.165) is 5.92 Å². The Morgan fingerprint density at radius 3 is 2.90 bits per heavy atom. The second-order valence-corrected chi connectivity index (χ2v) is 7.15. The summed E-state index contributed by atoms with van der Waals surface area (Å²) in [6.07, 6.45) is 6.72. The van der Waals surface area contributed by atoms with Gasteiger partial charge in [0.25, 0.3) is 0 Å². The highest BCUT2D eigenvalue weighted by molar-refractivity contribution is 9.10. The van der Waals surface area contributed by atoms with Crippen LogP contribution in [0.3, 0.4) is 0 Å². The van der Waals surface area contributed by atoms with Gasteiger partial charge in [-0.25, -0.2) is 0 Å². The van der Waals surface area contributed by atoms with Gasteiger partial charge in [-0.3, -0.25) is 0 Å². The molecule has 1 N–H and O–H groups in total. The van der Waals surface area contributed by atoms with Crippen molar-refractivity contribution in [2.75, 3.05) is 26.7 Å². The third kappa shape index (κ3) is 5.39. The lowest BCUT2D eigenvalue weighted by molar-refractivity contribution is 0.264. The standard InChI is InChI=1S/C18H29BrN2/c1-3-15-6-5-11-21(12-9-15)13-10-18(20-2)16-7-4-8-17(19)14-16/h4,7-8,14-15,18,20H,3,5-6,9-13H2,1-2H3. The number of nitrogens with zero attached hydrogens (tertiary/aromatic N) is 1. The van der Waals surface area contributed by atoms with E-state index in [-0.39, 0.29) is 0 Å². The van der Waals surface area contributed by atoms with E-state index in [1.54, 1.807) is 0 Å². The molecule has 1 fully saturated rings. The van der Waals surface area contributed by atoms with Gasteiger partial charge in [0.1, 0.15) is 0 Å². The Bertz CT molecular complexity index is 421. The molecule has 1 aliphatic rings. The van der Waals surface area contributed by atoms with Crippen molar-refractivity contribution in [2.24, 2.45) is 5.92 Å². The molecule has 0 bridgehead atoms. The minimum atomic E-state index is 0.452. The van der Waals surface area contributed by atoms with Gasteiger partial charge in [0.2, 0.25) is 0 Å². The Balaban J connectivity index is 1.85. The summed E-state index contributed by atoms with van der Waals surface area (Å²) in [6, 6.07) is 9.13. The molecule has 0 aliphatic carbocycles. The number of benzene rings is 1. The fourth-order valence-corrected chi connectivity index (χ4v) is 3.79. The van der Waals surface area contributed by atoms with Crippen LogP contribution in [0.2, 0.25) is 0 Å². The fourth-order valence-electron chi connectivity index (χ4n) is 3.37. The number of hydrogen-bond donors (Lipinski definition) is 1. The first-order valence-corrected chi connectivity index (χ1v) is 9.17. The van der Waals surface area contributed by atoms with Gasteiger partial charge in [-0.1, -0.05) is 41.4 Å². The highest BCUT2D eigenvalue weighted by atomic mass is 79.9. The van der Waals surface area contributed by atoms with Gasteiger partial charge in [0, 0.05) is 10.5 Å². The molecule has 0 aromatic heterocycles. The van der Waals surface area contributed by atoms with Crippen LogP contribution in [0.5, 0.6) is 0 Å². The maximum absolute atomic E-state index is 3.57. The van der Waals surface area contributed by atoms with E-state index in [1.807, 2.05) is 0 Å². The molecule has 2 rings (SSSR count). The first-order chi connectivity index (χ1) is 10.2. The third-order valence-electron chi connectivity index (χ3n) is 4.85. The predicted molar refractivity (Wildman–Crippen MR) is 94.6 cm³/mol. The van der Waals surface area contributed by atoms with Gasteiger partial charge in [-0.2, -0.15) is 0 Å². The number of likely N-dealkylation sites (tertiary alicyclic amines) is 1. The van der Waals surface area contributed by atoms with Crippen molar-refractivity contribution in [1.29, 1.82) is 0 Å². The van der Waals surface area contributed by atoms with Gasteiger partial charge < -0.3 is 10.2 Å². The molecule has 0 spiro atoms. The van der Waals surface area contributed by atoms with Crippen LogP contribution >= 0.6 is 15.9 Å². The van der Waals surface area contributed by atoms with Crippen LogP contribution in [0.25, 0.3) is 0 Å². The predicted octanol–water partition coefficient (Wildman–Crippen LogP) is 4.61. The molecular formula is C18H29BrN2. The zero-order valence-electron chi connectivity index (χ0n) is 13.4. The summed E-state index contributed by atoms with van der Waals surface area (Å²) in [5.74, 6) is 0.958. The van der Waals surface area contributed by atoms with Crippen LogP contribution in [-0.4, -0.2) is 31.6 Å². The molecule has 0 saturated carbocycles. The summed E-state index contributed by atoms with van der Waals surface area (Å²) < 4.78 is 1.17. The molecule has 0 radical (unpaired) electrons. The van der Waals surface area contributed by atoms with Crippen LogP contribution in [0, 0.1) is 5.92 Å². The minimum absolute atomic E-state index is 0.452. The molecule has 3 heteroatoms. The van der Waals surface area contributed by atoms with Crippen molar-refractivity contribution in [1.82, 2.24) is 10.2 Å². The first kappa shape index (κ1) is 17.0. The summed E-state index contributed by atoms with van der Waals surface area (Å²) in [5.41, 5.74) is 1.38. The smallest absolute Gasteiger partial charge is 0.0330 e. The number of halogens is 1. The van der Waals surface area contributed by atoms with Gasteiger partial charge in [0.05, 0.1) is 0 Å². The van der Waals surface area contributed by atoms with Crippen LogP contribution in [0.1, 0.15) is 50.6 Å². The lowest BCUT2D eigenvalue weighted by Crippen LogP contribution is -2.29. The molecule has 2 unspecified atom stereocenters. The van der Waals surface area contributed by atoms with E-state index in [4.69, 9.17) is 0 Å². The zero-order valence-corrected chi connectivity index (χ0v) is 15.0. The van der Waals surface area contributed by atoms with Crippen LogP contribution < -0.4 is 5.32 Å². The molecular weight excluding hydrogens is 324 g/mol. The second-order valence-electron chi connectivity index (χ2n) is 6.23. The highest BCUT2D eigenvalue weighted by Gasteiger charge is 2.17. The van der Waals surface area contributed by atoms with Crippen molar-refractivity contribution in [3.05, 3.63) is 34.3 Å². The quantitative estimate of drug-likeness (QED) is 0.803. The number of nitrogens with one attached hydrogen (secondary N) is 1. The molecule has 0 amide bonds. The van der Waals surface area contributed by atoms with Crippen LogP contribution in [-0.2, 0) is 0 Å². The van der Waals surface area contributed by atoms with Gasteiger partial charge >= 0.3 is 0 Å². The van der Waals surface area contributed by atoms with Crippen molar-refractivity contribution in [2.45, 2.75) is 45.1 Å². The Hall–Kier alpha value is -0.380. The maximum atomic E-state index is 3.57. The largest absolute Gasteiger partial charge is 0.313 e. The lowest BCUT2D eigenvalue weighted by atomic mass is 9.98. The molecule has 21 heavy (non-hydrogen) atoms. The molecule has 2 nitrogen and oxygen atoms in total. The molecule has 1 heterocycles. The summed E-state index contributed by atoms with van der Waals surface area (Å²) in [5, 5.41) is 3.47. The molecule has 1 saturated heterocycles. The molecule has 1 aromatic rings. The van der Waals surface area contributed by atoms with E-state index in [2.05, 4.69) is 64.4 Å². The Labute approximate surface area is 138 Å². The average Bonchev–Trinajstić information content (AvgIpc) is 2.73. The van der Waals surface area contributed by atoms with E-state index in [0.29, 0.717) is 6.04 Å². The summed E-state index contributed by atoms with van der Waals surface area (Å²) in [7, 11) is 2.07. The summed E-state index contributed by atoms with van der Waals surface area (Å²) in [4.78, 5) is 2.66. The lowest BCUT2D eigenvalue weighted by Gasteiger charge is -2.24. The number of hydrogen-bond acceptors (Lipinski definition) is 2. The topological polar surface area (TPSA) is 15.3 Å². The fraction of sp³-hybridized carbons (Fsp3) is 0.667. The summed E-state index contributed by atoms with van der Waals surface area (Å²) >= 11 is 3.57. The Morgan fingerprint density at radius 2 is 2.19 bits per heavy atom. The number of rotatable bonds is 6. The molecule has 2 atom stereocenters. The van der Waals surface area contributed by atoms with Gasteiger partial charge in [-0.05, 0) is 76.0 Å². The van der Waals surface area contributed by atoms with Crippen molar-refractivity contribution >= 4 is 15.9 Å². The molecule has 1 aromatic carbocycles. The van der Waals surface area contributed by atoms with Gasteiger partial charge in [0.15, 0.2) is 0 Å². The van der Waals surface area contributed by atoms with E-state index < -0.39 is 0 Å². The van der Waals surface area contributed by atoms with E-state index >= 15 is 0 Å². The molecule has 1 aliphatic heterocycles. The Kier molecular flexibility index (Phi) is 7.21. The van der Waals surface area contributed by atoms with Crippen molar-refractivity contribution in [3.63, 3.8) is 0 Å². The van der Waals surface area contributed by atoms with Gasteiger partial charge in [-0.15, -0.1) is 0 Å². The zero-order chi connectivity index (χ0) is 15.1. The van der Waals surface area contributed by atoms with Crippen LogP contribution in [0.15, 0.2) is 28.7 Å². The average molecular weight is 353 g/mol. The van der Waals surface area contributed by atoms with Crippen LogP contribution in [0.4, 0.5) is 0 Å². The normalized spacial score (nSPS) is 22.0. The van der Waals surface area contributed by atoms with E-state index in [9.17, 15) is 0 Å². The maximum Gasteiger partial charge on any atom is 0.0330 e. The third-order valence-corrected chi connectivity index (χ3v) is 5.34. The first-order valence-electron chi connectivity index (χ1n) is 8.38. The SMILES string of the molecule is CCC1CCCN(CCC(NC)c2cccc(Br)c2)CC1. The highest BCUT2D eigenvalue weighted by Crippen LogP contribution is 2.23. The minimum Gasteiger partial charge on any atom is -0.313 e. The second kappa shape index (κ2) is 8.92. The monoisotopic (exact) mass is 352 g/mol. The Morgan fingerprint density at radius 1 is 1.33 bits per heavy atom.